The lowest BCUT2D eigenvalue weighted by atomic mass is 10.2. The summed E-state index contributed by atoms with van der Waals surface area (Å²) in [5, 5.41) is 11.3. The quantitative estimate of drug-likeness (QED) is 0.489. The van der Waals surface area contributed by atoms with Crippen LogP contribution in [0.2, 0.25) is 5.02 Å². The highest BCUT2D eigenvalue weighted by molar-refractivity contribution is 6.32. The number of hydrogen-bond donors (Lipinski definition) is 1. The maximum atomic E-state index is 12.4. The van der Waals surface area contributed by atoms with E-state index in [1.165, 1.54) is 0 Å². The summed E-state index contributed by atoms with van der Waals surface area (Å²) in [5.74, 6) is 0.856. The van der Waals surface area contributed by atoms with E-state index < -0.39 is 0 Å². The number of carbonyl (C=O) groups is 1. The minimum atomic E-state index is -0.330. The van der Waals surface area contributed by atoms with Gasteiger partial charge in [0.15, 0.2) is 5.69 Å². The second-order valence-electron chi connectivity index (χ2n) is 6.30. The summed E-state index contributed by atoms with van der Waals surface area (Å²) in [7, 11) is 0. The van der Waals surface area contributed by atoms with Crippen LogP contribution in [-0.2, 0) is 6.54 Å². The Bertz CT molecular complexity index is 1110. The maximum absolute atomic E-state index is 12.4. The van der Waals surface area contributed by atoms with Crippen molar-refractivity contribution in [3.05, 3.63) is 101 Å². The normalized spacial score (nSPS) is 10.5. The van der Waals surface area contributed by atoms with Crippen LogP contribution >= 0.6 is 11.6 Å². The van der Waals surface area contributed by atoms with Crippen LogP contribution in [0.5, 0.6) is 11.5 Å². The number of para-hydroxylation sites is 1. The first-order valence-corrected chi connectivity index (χ1v) is 9.33. The fourth-order valence-corrected chi connectivity index (χ4v) is 2.88. The average molecular weight is 405 g/mol. The Labute approximate surface area is 172 Å². The highest BCUT2D eigenvalue weighted by Crippen LogP contribution is 2.29. The number of anilines is 1. The number of aromatic nitrogens is 3. The fraction of sp³-hybridized carbons (Fsp3) is 0.0455. The third-order valence-electron chi connectivity index (χ3n) is 4.14. The molecule has 3 aromatic carbocycles. The third kappa shape index (κ3) is 4.80. The first-order chi connectivity index (χ1) is 14.2. The van der Waals surface area contributed by atoms with E-state index in [1.54, 1.807) is 47.3 Å². The number of nitrogens with one attached hydrogen (secondary N) is 1. The van der Waals surface area contributed by atoms with Gasteiger partial charge in [-0.15, -0.1) is 5.10 Å². The van der Waals surface area contributed by atoms with Gasteiger partial charge in [0.05, 0.1) is 17.8 Å². The van der Waals surface area contributed by atoms with Crippen molar-refractivity contribution >= 4 is 23.2 Å². The maximum Gasteiger partial charge on any atom is 0.277 e. The van der Waals surface area contributed by atoms with Crippen molar-refractivity contribution in [1.82, 2.24) is 15.0 Å². The highest BCUT2D eigenvalue weighted by atomic mass is 35.5. The van der Waals surface area contributed by atoms with Gasteiger partial charge in [0.1, 0.15) is 11.5 Å². The van der Waals surface area contributed by atoms with Gasteiger partial charge in [0, 0.05) is 5.69 Å². The van der Waals surface area contributed by atoms with Crippen LogP contribution in [0.4, 0.5) is 5.69 Å². The van der Waals surface area contributed by atoms with Crippen LogP contribution in [0.3, 0.4) is 0 Å². The number of carbonyl (C=O) groups excluding carboxylic acids is 1. The van der Waals surface area contributed by atoms with Crippen LogP contribution in [0.25, 0.3) is 0 Å². The van der Waals surface area contributed by atoms with E-state index in [-0.39, 0.29) is 11.6 Å². The summed E-state index contributed by atoms with van der Waals surface area (Å²) in [4.78, 5) is 12.4. The smallest absolute Gasteiger partial charge is 0.277 e. The SMILES string of the molecule is O=C(Nc1ccc(Oc2ccccc2Cl)cc1)c1cn(Cc2ccccc2)nn1. The number of halogens is 1. The van der Waals surface area contributed by atoms with E-state index in [2.05, 4.69) is 15.6 Å². The van der Waals surface area contributed by atoms with Crippen molar-refractivity contribution in [2.24, 2.45) is 0 Å². The van der Waals surface area contributed by atoms with Gasteiger partial charge in [0.2, 0.25) is 0 Å². The van der Waals surface area contributed by atoms with Gasteiger partial charge in [-0.1, -0.05) is 59.3 Å². The molecule has 1 amide bonds. The molecule has 144 valence electrons. The third-order valence-corrected chi connectivity index (χ3v) is 4.45. The van der Waals surface area contributed by atoms with Crippen molar-refractivity contribution in [3.63, 3.8) is 0 Å². The van der Waals surface area contributed by atoms with Crippen LogP contribution in [0.15, 0.2) is 85.1 Å². The Balaban J connectivity index is 1.38. The van der Waals surface area contributed by atoms with Crippen molar-refractivity contribution in [1.29, 1.82) is 0 Å². The molecule has 0 radical (unpaired) electrons. The molecule has 0 aliphatic heterocycles. The van der Waals surface area contributed by atoms with Crippen molar-refractivity contribution < 1.29 is 9.53 Å². The van der Waals surface area contributed by atoms with E-state index in [0.29, 0.717) is 28.8 Å². The summed E-state index contributed by atoms with van der Waals surface area (Å²) in [6, 6.07) is 24.1. The molecule has 0 spiro atoms. The molecule has 0 unspecified atom stereocenters. The molecular weight excluding hydrogens is 388 g/mol. The summed E-state index contributed by atoms with van der Waals surface area (Å²) in [6.45, 7) is 0.551. The van der Waals surface area contributed by atoms with Crippen molar-refractivity contribution in [2.75, 3.05) is 5.32 Å². The zero-order valence-corrected chi connectivity index (χ0v) is 16.1. The van der Waals surface area contributed by atoms with E-state index >= 15 is 0 Å². The topological polar surface area (TPSA) is 69.0 Å². The Morgan fingerprint density at radius 2 is 1.69 bits per heavy atom. The van der Waals surface area contributed by atoms with Crippen molar-refractivity contribution in [3.8, 4) is 11.5 Å². The molecule has 1 heterocycles. The molecule has 6 nitrogen and oxygen atoms in total. The van der Waals surface area contributed by atoms with Gasteiger partial charge in [-0.25, -0.2) is 4.68 Å². The number of amides is 1. The Hall–Kier alpha value is -3.64. The van der Waals surface area contributed by atoms with Crippen LogP contribution in [-0.4, -0.2) is 20.9 Å². The lowest BCUT2D eigenvalue weighted by Gasteiger charge is -2.08. The first kappa shape index (κ1) is 18.7. The Morgan fingerprint density at radius 3 is 2.45 bits per heavy atom. The molecule has 0 saturated heterocycles. The van der Waals surface area contributed by atoms with Gasteiger partial charge in [-0.3, -0.25) is 4.79 Å². The molecule has 0 atom stereocenters. The molecule has 0 aliphatic carbocycles. The second-order valence-corrected chi connectivity index (χ2v) is 6.71. The minimum absolute atomic E-state index is 0.248. The zero-order valence-electron chi connectivity index (χ0n) is 15.3. The van der Waals surface area contributed by atoms with Gasteiger partial charge in [-0.2, -0.15) is 0 Å². The molecular formula is C22H17ClN4O2. The first-order valence-electron chi connectivity index (χ1n) is 8.95. The molecule has 1 N–H and O–H groups in total. The van der Waals surface area contributed by atoms with E-state index in [4.69, 9.17) is 16.3 Å². The fourth-order valence-electron chi connectivity index (χ4n) is 2.71. The number of hydrogen-bond acceptors (Lipinski definition) is 4. The van der Waals surface area contributed by atoms with Crippen LogP contribution < -0.4 is 10.1 Å². The van der Waals surface area contributed by atoms with E-state index in [1.807, 2.05) is 42.5 Å². The monoisotopic (exact) mass is 404 g/mol. The zero-order chi connectivity index (χ0) is 20.1. The number of ether oxygens (including phenoxy) is 1. The van der Waals surface area contributed by atoms with Crippen LogP contribution in [0.1, 0.15) is 16.1 Å². The molecule has 4 aromatic rings. The van der Waals surface area contributed by atoms with E-state index in [9.17, 15) is 4.79 Å². The predicted octanol–water partition coefficient (Wildman–Crippen LogP) is 5.02. The molecule has 4 rings (SSSR count). The summed E-state index contributed by atoms with van der Waals surface area (Å²) in [5.41, 5.74) is 1.95. The summed E-state index contributed by atoms with van der Waals surface area (Å²) >= 11 is 6.10. The lowest BCUT2D eigenvalue weighted by Crippen LogP contribution is -2.12. The molecule has 0 bridgehead atoms. The average Bonchev–Trinajstić information content (AvgIpc) is 3.20. The van der Waals surface area contributed by atoms with Gasteiger partial charge >= 0.3 is 0 Å². The largest absolute Gasteiger partial charge is 0.456 e. The molecule has 1 aromatic heterocycles. The minimum Gasteiger partial charge on any atom is -0.456 e. The van der Waals surface area contributed by atoms with E-state index in [0.717, 1.165) is 5.56 Å². The van der Waals surface area contributed by atoms with Gasteiger partial charge in [0.25, 0.3) is 5.91 Å². The number of nitrogens with zero attached hydrogens (tertiary/aromatic N) is 3. The molecule has 29 heavy (non-hydrogen) atoms. The molecule has 7 heteroatoms. The molecule has 0 aliphatic rings. The summed E-state index contributed by atoms with van der Waals surface area (Å²) in [6.07, 6.45) is 1.62. The number of rotatable bonds is 6. The lowest BCUT2D eigenvalue weighted by molar-refractivity contribution is 0.102. The van der Waals surface area contributed by atoms with Crippen molar-refractivity contribution in [2.45, 2.75) is 6.54 Å². The van der Waals surface area contributed by atoms with Crippen LogP contribution in [0, 0.1) is 0 Å². The van der Waals surface area contributed by atoms with Gasteiger partial charge < -0.3 is 10.1 Å². The Kier molecular flexibility index (Phi) is 5.54. The second kappa shape index (κ2) is 8.58. The predicted molar refractivity (Wildman–Crippen MR) is 111 cm³/mol. The standard InChI is InChI=1S/C22H17ClN4O2/c23-19-8-4-5-9-21(19)29-18-12-10-17(11-13-18)24-22(28)20-15-27(26-25-20)14-16-6-2-1-3-7-16/h1-13,15H,14H2,(H,24,28). The molecule has 0 fully saturated rings. The number of benzene rings is 3. The van der Waals surface area contributed by atoms with Gasteiger partial charge in [-0.05, 0) is 42.0 Å². The summed E-state index contributed by atoms with van der Waals surface area (Å²) < 4.78 is 7.37. The Morgan fingerprint density at radius 1 is 0.966 bits per heavy atom. The highest BCUT2D eigenvalue weighted by Gasteiger charge is 2.11. The molecule has 0 saturated carbocycles.